The lowest BCUT2D eigenvalue weighted by atomic mass is 9.89. The molecule has 1 saturated heterocycles. The average Bonchev–Trinajstić information content (AvgIpc) is 2.95. The third-order valence-electron chi connectivity index (χ3n) is 5.00. The second-order valence-corrected chi connectivity index (χ2v) is 8.53. The van der Waals surface area contributed by atoms with Gasteiger partial charge >= 0.3 is 0 Å². The van der Waals surface area contributed by atoms with Crippen LogP contribution >= 0.6 is 0 Å². The number of fused-ring (bicyclic) bond motifs is 3. The van der Waals surface area contributed by atoms with Crippen LogP contribution in [-0.2, 0) is 10.0 Å². The van der Waals surface area contributed by atoms with Crippen LogP contribution in [0.1, 0.15) is 29.0 Å². The zero-order chi connectivity index (χ0) is 17.6. The van der Waals surface area contributed by atoms with E-state index in [0.29, 0.717) is 16.5 Å². The number of hydrogen-bond donors (Lipinski definition) is 2. The van der Waals surface area contributed by atoms with Crippen LogP contribution < -0.4 is 14.8 Å². The molecule has 25 heavy (non-hydrogen) atoms. The van der Waals surface area contributed by atoms with E-state index >= 15 is 0 Å². The molecule has 132 valence electrons. The molecule has 2 heterocycles. The molecule has 0 saturated carbocycles. The Morgan fingerprint density at radius 1 is 1.16 bits per heavy atom. The predicted octanol–water partition coefficient (Wildman–Crippen LogP) is 2.94. The highest BCUT2D eigenvalue weighted by Crippen LogP contribution is 2.42. The molecule has 0 bridgehead atoms. The fourth-order valence-corrected chi connectivity index (χ4v) is 5.07. The summed E-state index contributed by atoms with van der Waals surface area (Å²) in [7, 11) is -3.62. The van der Waals surface area contributed by atoms with E-state index in [4.69, 9.17) is 4.74 Å². The third kappa shape index (κ3) is 3.00. The predicted molar refractivity (Wildman–Crippen MR) is 97.8 cm³/mol. The Morgan fingerprint density at radius 3 is 2.84 bits per heavy atom. The van der Waals surface area contributed by atoms with Gasteiger partial charge in [0.2, 0.25) is 0 Å². The van der Waals surface area contributed by atoms with Crippen LogP contribution in [0.25, 0.3) is 0 Å². The first-order chi connectivity index (χ1) is 11.9. The molecule has 2 N–H and O–H groups in total. The lowest BCUT2D eigenvalue weighted by Gasteiger charge is -2.24. The van der Waals surface area contributed by atoms with Crippen molar-refractivity contribution in [3.8, 4) is 5.75 Å². The van der Waals surface area contributed by atoms with Crippen LogP contribution in [0.3, 0.4) is 0 Å². The molecule has 2 aromatic rings. The second kappa shape index (κ2) is 6.04. The van der Waals surface area contributed by atoms with Crippen LogP contribution in [0, 0.1) is 13.8 Å². The van der Waals surface area contributed by atoms with Crippen LogP contribution in [0.15, 0.2) is 41.3 Å². The topological polar surface area (TPSA) is 67.4 Å². The minimum atomic E-state index is -3.62. The summed E-state index contributed by atoms with van der Waals surface area (Å²) >= 11 is 0. The highest BCUT2D eigenvalue weighted by molar-refractivity contribution is 7.92. The minimum absolute atomic E-state index is 0.148. The van der Waals surface area contributed by atoms with E-state index in [1.54, 1.807) is 12.1 Å². The van der Waals surface area contributed by atoms with Crippen LogP contribution in [0.4, 0.5) is 5.69 Å². The Hall–Kier alpha value is -2.05. The number of hydrogen-bond acceptors (Lipinski definition) is 4. The van der Waals surface area contributed by atoms with Gasteiger partial charge in [-0.05, 0) is 62.2 Å². The highest BCUT2D eigenvalue weighted by atomic mass is 32.2. The van der Waals surface area contributed by atoms with Crippen molar-refractivity contribution in [3.05, 3.63) is 53.1 Å². The molecule has 6 heteroatoms. The number of rotatable bonds is 3. The molecule has 2 aromatic carbocycles. The lowest BCUT2D eigenvalue weighted by molar-refractivity contribution is 0.177. The van der Waals surface area contributed by atoms with Gasteiger partial charge in [-0.1, -0.05) is 12.1 Å². The van der Waals surface area contributed by atoms with E-state index in [2.05, 4.69) is 10.0 Å². The van der Waals surface area contributed by atoms with Gasteiger partial charge in [0.25, 0.3) is 10.0 Å². The van der Waals surface area contributed by atoms with Gasteiger partial charge in [-0.2, -0.15) is 0 Å². The van der Waals surface area contributed by atoms with Gasteiger partial charge in [-0.25, -0.2) is 8.42 Å². The number of piperidine rings is 1. The highest BCUT2D eigenvalue weighted by Gasteiger charge is 2.36. The van der Waals surface area contributed by atoms with Crippen molar-refractivity contribution in [2.45, 2.75) is 37.2 Å². The van der Waals surface area contributed by atoms with Gasteiger partial charge in [0.15, 0.2) is 0 Å². The largest absolute Gasteiger partial charge is 0.488 e. The van der Waals surface area contributed by atoms with Crippen molar-refractivity contribution in [3.63, 3.8) is 0 Å². The molecular weight excluding hydrogens is 336 g/mol. The van der Waals surface area contributed by atoms with Crippen LogP contribution in [0.2, 0.25) is 0 Å². The van der Waals surface area contributed by atoms with Crippen molar-refractivity contribution in [2.24, 2.45) is 0 Å². The monoisotopic (exact) mass is 358 g/mol. The second-order valence-electron chi connectivity index (χ2n) is 6.88. The summed E-state index contributed by atoms with van der Waals surface area (Å²) in [6, 6.07) is 11.0. The van der Waals surface area contributed by atoms with Crippen molar-refractivity contribution in [2.75, 3.05) is 17.8 Å². The summed E-state index contributed by atoms with van der Waals surface area (Å²) in [5, 5.41) is 3.34. The molecule has 0 spiro atoms. The molecule has 0 amide bonds. The van der Waals surface area contributed by atoms with E-state index in [1.165, 1.54) is 0 Å². The Morgan fingerprint density at radius 2 is 2.00 bits per heavy atom. The Bertz CT molecular complexity index is 924. The molecule has 2 unspecified atom stereocenters. The van der Waals surface area contributed by atoms with Gasteiger partial charge in [-0.15, -0.1) is 0 Å². The van der Waals surface area contributed by atoms with Crippen LogP contribution in [-0.4, -0.2) is 27.6 Å². The Kier molecular flexibility index (Phi) is 3.96. The molecule has 1 fully saturated rings. The number of benzene rings is 2. The standard InChI is InChI=1S/C19H22N2O3S/c1-12-3-4-13(2)19(9-12)25(22,23)21-14-5-6-17-16(10-14)15-7-8-20-11-18(15)24-17/h3-6,9-10,15,18,20-21H,7-8,11H2,1-2H3. The first-order valence-corrected chi connectivity index (χ1v) is 10.0. The van der Waals surface area contributed by atoms with Crippen molar-refractivity contribution < 1.29 is 13.2 Å². The van der Waals surface area contributed by atoms with E-state index in [-0.39, 0.29) is 6.10 Å². The third-order valence-corrected chi connectivity index (χ3v) is 6.52. The Balaban J connectivity index is 1.65. The molecular formula is C19H22N2O3S. The quantitative estimate of drug-likeness (QED) is 0.885. The number of anilines is 1. The van der Waals surface area contributed by atoms with E-state index in [1.807, 2.05) is 38.1 Å². The smallest absolute Gasteiger partial charge is 0.262 e. The number of nitrogens with one attached hydrogen (secondary N) is 2. The molecule has 5 nitrogen and oxygen atoms in total. The van der Waals surface area contributed by atoms with Gasteiger partial charge in [-0.3, -0.25) is 4.72 Å². The normalized spacial score (nSPS) is 22.0. The van der Waals surface area contributed by atoms with E-state index in [9.17, 15) is 8.42 Å². The molecule has 0 aliphatic carbocycles. The summed E-state index contributed by atoms with van der Waals surface area (Å²) in [5.41, 5.74) is 3.35. The van der Waals surface area contributed by atoms with Gasteiger partial charge in [0.05, 0.1) is 4.90 Å². The van der Waals surface area contributed by atoms with Crippen LogP contribution in [0.5, 0.6) is 5.75 Å². The fourth-order valence-electron chi connectivity index (χ4n) is 3.69. The molecule has 2 aliphatic heterocycles. The SMILES string of the molecule is Cc1ccc(C)c(S(=O)(=O)Nc2ccc3c(c2)C2CCNCC2O3)c1. The molecule has 0 aromatic heterocycles. The lowest BCUT2D eigenvalue weighted by Crippen LogP contribution is -2.39. The van der Waals surface area contributed by atoms with E-state index in [0.717, 1.165) is 42.0 Å². The summed E-state index contributed by atoms with van der Waals surface area (Å²) in [4.78, 5) is 0.323. The number of ether oxygens (including phenoxy) is 1. The fraction of sp³-hybridized carbons (Fsp3) is 0.368. The molecule has 0 radical (unpaired) electrons. The summed E-state index contributed by atoms with van der Waals surface area (Å²) in [6.07, 6.45) is 1.15. The first-order valence-electron chi connectivity index (χ1n) is 8.55. The summed E-state index contributed by atoms with van der Waals surface area (Å²) in [6.45, 7) is 5.50. The first kappa shape index (κ1) is 16.4. The number of aryl methyl sites for hydroxylation is 2. The zero-order valence-corrected chi connectivity index (χ0v) is 15.2. The summed E-state index contributed by atoms with van der Waals surface area (Å²) in [5.74, 6) is 1.20. The molecule has 2 atom stereocenters. The van der Waals surface area contributed by atoms with Crippen molar-refractivity contribution in [1.29, 1.82) is 0 Å². The minimum Gasteiger partial charge on any atom is -0.488 e. The van der Waals surface area contributed by atoms with Gasteiger partial charge in [0, 0.05) is 23.7 Å². The van der Waals surface area contributed by atoms with Gasteiger partial charge < -0.3 is 10.1 Å². The number of sulfonamides is 1. The van der Waals surface area contributed by atoms with Crippen molar-refractivity contribution in [1.82, 2.24) is 5.32 Å². The van der Waals surface area contributed by atoms with Gasteiger partial charge in [0.1, 0.15) is 11.9 Å². The van der Waals surface area contributed by atoms with Crippen molar-refractivity contribution >= 4 is 15.7 Å². The maximum absolute atomic E-state index is 12.8. The maximum Gasteiger partial charge on any atom is 0.262 e. The maximum atomic E-state index is 12.8. The van der Waals surface area contributed by atoms with E-state index < -0.39 is 10.0 Å². The summed E-state index contributed by atoms with van der Waals surface area (Å²) < 4.78 is 34.3. The molecule has 2 aliphatic rings. The zero-order valence-electron chi connectivity index (χ0n) is 14.4. The Labute approximate surface area is 148 Å². The molecule has 4 rings (SSSR count). The average molecular weight is 358 g/mol.